The maximum absolute atomic E-state index is 9.27. The summed E-state index contributed by atoms with van der Waals surface area (Å²) >= 11 is 0. The first-order chi connectivity index (χ1) is 63.6. The van der Waals surface area contributed by atoms with Gasteiger partial charge in [-0.25, -0.2) is 0 Å². The predicted molar refractivity (Wildman–Crippen MR) is 546 cm³/mol. The quantitative estimate of drug-likeness (QED) is 0.0793. The Labute approximate surface area is 754 Å². The van der Waals surface area contributed by atoms with Crippen molar-refractivity contribution in [1.29, 1.82) is 10.5 Å². The molecule has 21 aromatic rings. The molecule has 0 aliphatic rings. The summed E-state index contributed by atoms with van der Waals surface area (Å²) in [6, 6.07) is 178. The number of benzene rings is 21. The predicted octanol–water partition coefficient (Wildman–Crippen LogP) is 33.0. The second-order valence-corrected chi connectivity index (χ2v) is 32.2. The third kappa shape index (κ3) is 18.0. The van der Waals surface area contributed by atoms with Gasteiger partial charge in [-0.2, -0.15) is 10.5 Å². The summed E-state index contributed by atoms with van der Waals surface area (Å²) in [5.74, 6) is 0. The van der Waals surface area contributed by atoms with Gasteiger partial charge in [-0.3, -0.25) is 0 Å². The minimum Gasteiger partial charge on any atom is -0.345 e. The molecule has 8 heteroatoms. The van der Waals surface area contributed by atoms with Gasteiger partial charge in [0.25, 0.3) is 0 Å². The van der Waals surface area contributed by atoms with Crippen LogP contribution in [0, 0.1) is 22.7 Å². The fourth-order valence-corrected chi connectivity index (χ4v) is 17.1. The third-order valence-electron chi connectivity index (χ3n) is 24.2. The molecule has 0 unspecified atom stereocenters. The zero-order valence-electron chi connectivity index (χ0n) is 71.8. The molecule has 129 heavy (non-hydrogen) atoms. The molecule has 0 heterocycles. The molecule has 0 aromatic heterocycles. The lowest BCUT2D eigenvalue weighted by molar-refractivity contribution is 1.21. The van der Waals surface area contributed by atoms with Crippen molar-refractivity contribution < 1.29 is 0 Å². The number of para-hydroxylation sites is 1. The van der Waals surface area contributed by atoms with Crippen molar-refractivity contribution in [2.24, 2.45) is 0 Å². The first-order valence-electron chi connectivity index (χ1n) is 43.4. The Morgan fingerprint density at radius 3 is 0.744 bits per heavy atom. The van der Waals surface area contributed by atoms with E-state index in [1.54, 1.807) is 0 Å². The van der Waals surface area contributed by atoms with Crippen LogP contribution in [0.25, 0.3) is 98.4 Å². The molecule has 0 saturated carbocycles. The number of fused-ring (bicyclic) bond motifs is 5. The second kappa shape index (κ2) is 37.4. The van der Waals surface area contributed by atoms with Gasteiger partial charge < -0.3 is 29.4 Å². The van der Waals surface area contributed by atoms with E-state index in [-0.39, 0.29) is 0 Å². The molecule has 21 aromatic carbocycles. The Morgan fingerprint density at radius 2 is 0.395 bits per heavy atom. The maximum Gasteiger partial charge on any atom is 0.0992 e. The van der Waals surface area contributed by atoms with E-state index < -0.39 is 0 Å². The summed E-state index contributed by atoms with van der Waals surface area (Å²) in [6.07, 6.45) is 0. The minimum atomic E-state index is 0.655. The van der Waals surface area contributed by atoms with Crippen LogP contribution >= 0.6 is 0 Å². The Balaban J connectivity index is 0.000000126. The van der Waals surface area contributed by atoms with Crippen LogP contribution in [0.3, 0.4) is 0 Å². The van der Waals surface area contributed by atoms with Gasteiger partial charge >= 0.3 is 0 Å². The molecule has 0 fully saturated rings. The molecule has 0 N–H and O–H groups in total. The summed E-state index contributed by atoms with van der Waals surface area (Å²) in [7, 11) is 6.17. The summed E-state index contributed by atoms with van der Waals surface area (Å²) in [5.41, 5.74) is 27.3. The van der Waals surface area contributed by atoms with Crippen LogP contribution in [0.5, 0.6) is 0 Å². The number of nitrogens with zero attached hydrogens (tertiary/aromatic N) is 8. The molecular weight excluding hydrogens is 1570 g/mol. The SMILES string of the molecule is CN(c1ccc(-c2ccc(N(c3ccc4ccccc4c3)c3ccc4ccccc4c3)cc2)cc1)c1cccc(C#N)c1.CN(c1ccc(C#N)cc1)c1ccc(-c2ccc(N(c3ccc4ccccc4c3)c3ccc4ccccc4c3)cc2)cc1.CN(c1ccccc1)c1ccc(-c2ccc(N(c3ccc(-c4ccccc4)cc3)c3cccc4ccccc34)cc2)cc1. The van der Waals surface area contributed by atoms with E-state index in [4.69, 9.17) is 5.26 Å². The average molecular weight is 1660 g/mol. The zero-order chi connectivity index (χ0) is 87.4. The van der Waals surface area contributed by atoms with Crippen LogP contribution < -0.4 is 29.4 Å². The number of hydrogen-bond donors (Lipinski definition) is 0. The van der Waals surface area contributed by atoms with Gasteiger partial charge in [0, 0.05) is 106 Å². The Hall–Kier alpha value is -17.3. The van der Waals surface area contributed by atoms with Crippen molar-refractivity contribution in [2.75, 3.05) is 50.5 Å². The molecule has 21 rings (SSSR count). The molecule has 614 valence electrons. The van der Waals surface area contributed by atoms with Crippen molar-refractivity contribution in [3.8, 4) is 56.6 Å². The highest BCUT2D eigenvalue weighted by Crippen LogP contribution is 2.45. The molecule has 0 atom stereocenters. The van der Waals surface area contributed by atoms with Gasteiger partial charge in [-0.05, 0) is 287 Å². The third-order valence-corrected chi connectivity index (χ3v) is 24.2. The molecule has 0 radical (unpaired) electrons. The van der Waals surface area contributed by atoms with E-state index >= 15 is 0 Å². The zero-order valence-corrected chi connectivity index (χ0v) is 71.8. The van der Waals surface area contributed by atoms with Crippen LogP contribution in [0.1, 0.15) is 11.1 Å². The standard InChI is InChI=1S/C41H32N2.2C40H29N3/c1-42(36-15-6-3-7-16-36)37-25-19-33(20-26-37)34-23-29-39(30-24-34)43(41-18-10-14-35-13-8-9-17-40(35)41)38-27-21-32(22-28-38)31-11-4-2-5-12-31;1-42(38-12-6-7-29(25-38)28-41)36-19-13-32(14-20-36)33-15-21-37(22-16-33)43(39-23-17-30-8-2-4-10-34(30)26-39)40-24-18-31-9-3-5-11-35(31)27-40;1-42(36-18-10-29(28-41)11-19-36)37-20-12-32(13-21-37)33-14-22-38(23-15-33)43(39-24-16-30-6-2-4-8-34(30)26-39)40-25-17-31-7-3-5-9-35(31)27-40/h2-30H,1H3;2*2-27H,1H3. The highest BCUT2D eigenvalue weighted by Gasteiger charge is 2.21. The van der Waals surface area contributed by atoms with Gasteiger partial charge in [0.1, 0.15) is 0 Å². The minimum absolute atomic E-state index is 0.655. The van der Waals surface area contributed by atoms with Crippen LogP contribution in [0.4, 0.5) is 85.3 Å². The Morgan fingerprint density at radius 1 is 0.155 bits per heavy atom. The number of nitriles is 2. The monoisotopic (exact) mass is 1650 g/mol. The maximum atomic E-state index is 9.27. The summed E-state index contributed by atoms with van der Waals surface area (Å²) < 4.78 is 0. The molecule has 0 aliphatic heterocycles. The number of hydrogen-bond acceptors (Lipinski definition) is 8. The molecule has 0 amide bonds. The van der Waals surface area contributed by atoms with Gasteiger partial charge in [0.15, 0.2) is 0 Å². The highest BCUT2D eigenvalue weighted by molar-refractivity contribution is 6.00. The van der Waals surface area contributed by atoms with E-state index in [0.717, 1.165) is 102 Å². The molecule has 0 spiro atoms. The van der Waals surface area contributed by atoms with E-state index in [1.165, 1.54) is 81.8 Å². The number of rotatable bonds is 19. The molecular formula is C121H90N8. The lowest BCUT2D eigenvalue weighted by atomic mass is 10.0. The van der Waals surface area contributed by atoms with Crippen molar-refractivity contribution in [3.63, 3.8) is 0 Å². The number of anilines is 15. The second-order valence-electron chi connectivity index (χ2n) is 32.2. The van der Waals surface area contributed by atoms with E-state index in [0.29, 0.717) is 11.1 Å². The Bertz CT molecular complexity index is 7420. The van der Waals surface area contributed by atoms with Gasteiger partial charge in [-0.15, -0.1) is 0 Å². The summed E-state index contributed by atoms with van der Waals surface area (Å²) in [4.78, 5) is 13.4. The molecule has 0 bridgehead atoms. The normalized spacial score (nSPS) is 10.9. The van der Waals surface area contributed by atoms with Crippen LogP contribution in [-0.2, 0) is 0 Å². The smallest absolute Gasteiger partial charge is 0.0992 e. The lowest BCUT2D eigenvalue weighted by Gasteiger charge is -2.27. The highest BCUT2D eigenvalue weighted by atomic mass is 15.2. The summed E-state index contributed by atoms with van der Waals surface area (Å²) in [6.45, 7) is 0. The van der Waals surface area contributed by atoms with E-state index in [2.05, 4.69) is 485 Å². The van der Waals surface area contributed by atoms with Crippen LogP contribution in [0.2, 0.25) is 0 Å². The van der Waals surface area contributed by atoms with Gasteiger partial charge in [-0.1, -0.05) is 297 Å². The van der Waals surface area contributed by atoms with Gasteiger partial charge in [0.05, 0.1) is 29.0 Å². The van der Waals surface area contributed by atoms with E-state index in [9.17, 15) is 5.26 Å². The van der Waals surface area contributed by atoms with Gasteiger partial charge in [0.2, 0.25) is 0 Å². The van der Waals surface area contributed by atoms with Crippen molar-refractivity contribution in [3.05, 3.63) is 503 Å². The van der Waals surface area contributed by atoms with Crippen LogP contribution in [0.15, 0.2) is 491 Å². The van der Waals surface area contributed by atoms with Crippen LogP contribution in [-0.4, -0.2) is 21.1 Å². The first-order valence-corrected chi connectivity index (χ1v) is 43.4. The molecule has 0 aliphatic carbocycles. The van der Waals surface area contributed by atoms with Crippen molar-refractivity contribution in [1.82, 2.24) is 0 Å². The first kappa shape index (κ1) is 81.4. The largest absolute Gasteiger partial charge is 0.345 e. The fourth-order valence-electron chi connectivity index (χ4n) is 17.1. The molecule has 8 nitrogen and oxygen atoms in total. The topological polar surface area (TPSA) is 67.0 Å². The Kier molecular flexibility index (Phi) is 23.6. The van der Waals surface area contributed by atoms with Crippen molar-refractivity contribution in [2.45, 2.75) is 0 Å². The van der Waals surface area contributed by atoms with E-state index in [1.807, 2.05) is 68.7 Å². The summed E-state index contributed by atoms with van der Waals surface area (Å²) in [5, 5.41) is 30.6. The molecule has 0 saturated heterocycles. The van der Waals surface area contributed by atoms with Crippen molar-refractivity contribution >= 4 is 139 Å². The average Bonchev–Trinajstić information content (AvgIpc) is 0.791. The fraction of sp³-hybridized carbons (Fsp3) is 0.0248. The lowest BCUT2D eigenvalue weighted by Crippen LogP contribution is -2.10.